The van der Waals surface area contributed by atoms with Crippen molar-refractivity contribution in [2.45, 2.75) is 19.3 Å². The number of hydrogen-bond acceptors (Lipinski definition) is 2. The summed E-state index contributed by atoms with van der Waals surface area (Å²) in [6.07, 6.45) is 3.01. The summed E-state index contributed by atoms with van der Waals surface area (Å²) < 4.78 is 8.17. The van der Waals surface area contributed by atoms with Gasteiger partial charge >= 0.3 is 7.12 Å². The van der Waals surface area contributed by atoms with Crippen LogP contribution < -0.4 is 5.46 Å². The maximum atomic E-state index is 9.16. The van der Waals surface area contributed by atoms with E-state index in [2.05, 4.69) is 339 Å². The Hall–Kier alpha value is -11.8. The summed E-state index contributed by atoms with van der Waals surface area (Å²) in [6, 6.07) is 123. The first-order valence-corrected chi connectivity index (χ1v) is 35.0. The number of nitrogens with zero attached hydrogens (tertiary/aromatic N) is 3. The van der Waals surface area contributed by atoms with Gasteiger partial charge in [0.1, 0.15) is 0 Å². The molecule has 0 amide bonds. The highest BCUT2D eigenvalue weighted by Gasteiger charge is 2.24. The molecule has 0 saturated carbocycles. The van der Waals surface area contributed by atoms with Gasteiger partial charge in [-0.1, -0.05) is 253 Å². The number of rotatable bonds is 6. The Morgan fingerprint density at radius 2 is 0.520 bits per heavy atom. The van der Waals surface area contributed by atoms with Crippen molar-refractivity contribution >= 4 is 93.9 Å². The van der Waals surface area contributed by atoms with Crippen LogP contribution in [0.4, 0.5) is 0 Å². The van der Waals surface area contributed by atoms with Crippen LogP contribution in [-0.4, -0.2) is 30.9 Å². The molecule has 0 bridgehead atoms. The first-order valence-electron chi connectivity index (χ1n) is 34.3. The normalized spacial score (nSPS) is 12.0. The molecule has 0 radical (unpaired) electrons. The molecular weight excluding hydrogens is 1280 g/mol. The molecule has 18 aromatic rings. The van der Waals surface area contributed by atoms with E-state index in [0.29, 0.717) is 5.46 Å². The van der Waals surface area contributed by atoms with Gasteiger partial charge < -0.3 is 23.7 Å². The lowest BCUT2D eigenvalue weighted by Crippen LogP contribution is -2.29. The minimum Gasteiger partial charge on any atom is -0.423 e. The predicted molar refractivity (Wildman–Crippen MR) is 422 cm³/mol. The summed E-state index contributed by atoms with van der Waals surface area (Å²) >= 11 is 3.57. The topological polar surface area (TPSA) is 55.2 Å². The van der Waals surface area contributed by atoms with Gasteiger partial charge in [-0.25, -0.2) is 0 Å². The van der Waals surface area contributed by atoms with Crippen molar-refractivity contribution in [3.8, 4) is 72.7 Å². The highest BCUT2D eigenvalue weighted by molar-refractivity contribution is 9.10. The van der Waals surface area contributed by atoms with Gasteiger partial charge in [-0.3, -0.25) is 0 Å². The van der Waals surface area contributed by atoms with E-state index in [1.807, 2.05) is 30.3 Å². The molecule has 0 spiro atoms. The number of para-hydroxylation sites is 6. The fourth-order valence-electron chi connectivity index (χ4n) is 15.7. The molecule has 0 aliphatic heterocycles. The van der Waals surface area contributed by atoms with Crippen LogP contribution in [0, 0.1) is 0 Å². The number of halogens is 1. The van der Waals surface area contributed by atoms with E-state index in [9.17, 15) is 0 Å². The van der Waals surface area contributed by atoms with E-state index in [0.717, 1.165) is 29.3 Å². The third-order valence-electron chi connectivity index (χ3n) is 20.4. The Morgan fingerprint density at radius 1 is 0.230 bits per heavy atom. The maximum absolute atomic E-state index is 9.16. The van der Waals surface area contributed by atoms with Gasteiger partial charge in [0.15, 0.2) is 0 Å². The summed E-state index contributed by atoms with van der Waals surface area (Å²) in [5, 5.41) is 26.0. The standard InChI is InChI=1S/2C31H21N.C18H12BrN.C13H11BO2/c2*1-2-9-25(10-3-1)32-30-13-7-6-12-27(30)29-20-22(16-17-31(29)32)21-14-15-24-18-23-8-4-5-11-26(23)28(24)19-21;19-13-10-11-18-16(12-13)15-8-4-5-9-17(15)20(18)14-6-2-1-3-7-14;15-14(16)11-6-5-10-7-9-3-1-2-4-12(9)13(10)8-11/h2*1-17,19-20H,18H2;1-12H;1-6,8,15-16H,7H2. The molecular formula is C93H65BBrN3O2. The Bertz CT molecular complexity index is 5940. The zero-order valence-corrected chi connectivity index (χ0v) is 56.3. The lowest BCUT2D eigenvalue weighted by atomic mass is 9.79. The summed E-state index contributed by atoms with van der Waals surface area (Å²) in [6.45, 7) is 0. The van der Waals surface area contributed by atoms with Gasteiger partial charge in [-0.05, 0) is 223 Å². The molecule has 0 atom stereocenters. The summed E-state index contributed by atoms with van der Waals surface area (Å²) in [4.78, 5) is 0. The van der Waals surface area contributed by atoms with Gasteiger partial charge in [0.25, 0.3) is 0 Å². The van der Waals surface area contributed by atoms with Crippen molar-refractivity contribution in [2.75, 3.05) is 0 Å². The van der Waals surface area contributed by atoms with E-state index in [-0.39, 0.29) is 0 Å². The molecule has 3 aromatic heterocycles. The van der Waals surface area contributed by atoms with Crippen LogP contribution >= 0.6 is 15.9 Å². The van der Waals surface area contributed by atoms with Crippen molar-refractivity contribution in [3.05, 3.63) is 384 Å². The molecule has 15 aromatic carbocycles. The minimum atomic E-state index is -1.39. The average Bonchev–Trinajstić information content (AvgIpc) is 1.60. The molecule has 21 rings (SSSR count). The molecule has 0 fully saturated rings. The zero-order chi connectivity index (χ0) is 66.8. The van der Waals surface area contributed by atoms with Crippen molar-refractivity contribution in [2.24, 2.45) is 0 Å². The van der Waals surface area contributed by atoms with Crippen LogP contribution in [0.3, 0.4) is 0 Å². The third-order valence-corrected chi connectivity index (χ3v) is 20.9. The largest absolute Gasteiger partial charge is 0.488 e. The highest BCUT2D eigenvalue weighted by atomic mass is 79.9. The monoisotopic (exact) mass is 1350 g/mol. The number of fused-ring (bicyclic) bond motifs is 18. The van der Waals surface area contributed by atoms with E-state index in [1.54, 1.807) is 6.07 Å². The molecule has 3 aliphatic rings. The molecule has 0 saturated heterocycles. The van der Waals surface area contributed by atoms with Crippen molar-refractivity contribution in [1.82, 2.24) is 13.7 Å². The van der Waals surface area contributed by atoms with Gasteiger partial charge in [-0.2, -0.15) is 0 Å². The molecule has 7 heteroatoms. The SMILES string of the molecule is Brc1ccc2c(c1)c1ccccc1n2-c1ccccc1.OB(O)c1ccc2c(c1)-c1ccccc1C2.c1ccc(-n2c3ccccc3c3cc(-c4ccc5c(c4)-c4ccccc4C5)ccc32)cc1.c1ccc(-n2c3ccccc3c3cc(-c4ccc5c(c4)-c4ccccc4C5)ccc32)cc1. The first-order chi connectivity index (χ1) is 49.3. The van der Waals surface area contributed by atoms with Gasteiger partial charge in [0.2, 0.25) is 0 Å². The van der Waals surface area contributed by atoms with Crippen molar-refractivity contribution in [1.29, 1.82) is 0 Å². The molecule has 3 heterocycles. The predicted octanol–water partition coefficient (Wildman–Crippen LogP) is 22.5. The van der Waals surface area contributed by atoms with Crippen molar-refractivity contribution in [3.63, 3.8) is 0 Å². The molecule has 474 valence electrons. The average molecular weight is 1350 g/mol. The Kier molecular flexibility index (Phi) is 15.5. The van der Waals surface area contributed by atoms with E-state index < -0.39 is 7.12 Å². The third kappa shape index (κ3) is 10.8. The summed E-state index contributed by atoms with van der Waals surface area (Å²) in [5.41, 5.74) is 32.8. The quantitative estimate of drug-likeness (QED) is 0.163. The van der Waals surface area contributed by atoms with Crippen molar-refractivity contribution < 1.29 is 10.0 Å². The summed E-state index contributed by atoms with van der Waals surface area (Å²) in [5.74, 6) is 0. The fraction of sp³-hybridized carbons (Fsp3) is 0.0323. The van der Waals surface area contributed by atoms with Crippen LogP contribution in [0.5, 0.6) is 0 Å². The molecule has 2 N–H and O–H groups in total. The van der Waals surface area contributed by atoms with E-state index in [4.69, 9.17) is 10.0 Å². The van der Waals surface area contributed by atoms with Crippen LogP contribution in [0.15, 0.2) is 350 Å². The fourth-order valence-corrected chi connectivity index (χ4v) is 16.1. The number of hydrogen-bond donors (Lipinski definition) is 2. The second kappa shape index (κ2) is 25.5. The first kappa shape index (κ1) is 60.6. The Morgan fingerprint density at radius 3 is 0.920 bits per heavy atom. The van der Waals surface area contributed by atoms with Gasteiger partial charge in [0, 0.05) is 53.9 Å². The highest BCUT2D eigenvalue weighted by Crippen LogP contribution is 2.44. The minimum absolute atomic E-state index is 0.551. The second-order valence-electron chi connectivity index (χ2n) is 26.2. The van der Waals surface area contributed by atoms with Crippen LogP contribution in [0.2, 0.25) is 0 Å². The van der Waals surface area contributed by atoms with Crippen LogP contribution in [-0.2, 0) is 19.3 Å². The maximum Gasteiger partial charge on any atom is 0.488 e. The Balaban J connectivity index is 0.0000000997. The lowest BCUT2D eigenvalue weighted by Gasteiger charge is -2.09. The lowest BCUT2D eigenvalue weighted by molar-refractivity contribution is 0.426. The number of benzene rings is 15. The smallest absolute Gasteiger partial charge is 0.423 e. The Labute approximate surface area is 589 Å². The summed E-state index contributed by atoms with van der Waals surface area (Å²) in [7, 11) is -1.39. The van der Waals surface area contributed by atoms with Gasteiger partial charge in [-0.15, -0.1) is 0 Å². The van der Waals surface area contributed by atoms with E-state index in [1.165, 1.54) is 166 Å². The van der Waals surface area contributed by atoms with Gasteiger partial charge in [0.05, 0.1) is 33.1 Å². The van der Waals surface area contributed by atoms with Crippen LogP contribution in [0.1, 0.15) is 33.4 Å². The molecule has 100 heavy (non-hydrogen) atoms. The zero-order valence-electron chi connectivity index (χ0n) is 54.7. The van der Waals surface area contributed by atoms with Crippen LogP contribution in [0.25, 0.3) is 138 Å². The molecule has 5 nitrogen and oxygen atoms in total. The molecule has 3 aliphatic carbocycles. The second-order valence-corrected chi connectivity index (χ2v) is 27.1. The number of aromatic nitrogens is 3. The molecule has 0 unspecified atom stereocenters. The van der Waals surface area contributed by atoms with E-state index >= 15 is 0 Å².